The molecule has 0 aliphatic carbocycles. The van der Waals surface area contributed by atoms with Gasteiger partial charge in [-0.3, -0.25) is 5.32 Å². The fourth-order valence-electron chi connectivity index (χ4n) is 1.35. The predicted molar refractivity (Wildman–Crippen MR) is 77.2 cm³/mol. The van der Waals surface area contributed by atoms with Gasteiger partial charge in [0.15, 0.2) is 0 Å². The van der Waals surface area contributed by atoms with E-state index < -0.39 is 12.0 Å². The molecule has 1 heterocycles. The number of carbonyl (C=O) groups excluding carboxylic acids is 1. The number of halogens is 2. The highest BCUT2D eigenvalue weighted by atomic mass is 127. The Kier molecular flexibility index (Phi) is 4.67. The number of nitrogens with zero attached hydrogens (tertiary/aromatic N) is 1. The maximum absolute atomic E-state index is 13.2. The van der Waals surface area contributed by atoms with Crippen molar-refractivity contribution in [2.24, 2.45) is 0 Å². The Morgan fingerprint density at radius 1 is 1.26 bits per heavy atom. The van der Waals surface area contributed by atoms with Gasteiger partial charge in [0.1, 0.15) is 12.4 Å². The second-order valence-corrected chi connectivity index (χ2v) is 4.82. The standard InChI is InChI=1S/C13H10FIN2O2/c14-12-10(15)6-7-11(16-12)17-13(18)19-8-9-4-2-1-3-5-9/h1-7H,8H2,(H,16,17,18). The number of anilines is 1. The van der Waals surface area contributed by atoms with Crippen molar-refractivity contribution >= 4 is 34.5 Å². The maximum Gasteiger partial charge on any atom is 0.413 e. The molecular formula is C13H10FIN2O2. The highest BCUT2D eigenvalue weighted by molar-refractivity contribution is 14.1. The van der Waals surface area contributed by atoms with Crippen molar-refractivity contribution in [2.75, 3.05) is 5.32 Å². The van der Waals surface area contributed by atoms with Crippen LogP contribution in [0, 0.1) is 9.52 Å². The summed E-state index contributed by atoms with van der Waals surface area (Å²) in [6, 6.07) is 12.3. The first-order valence-electron chi connectivity index (χ1n) is 5.45. The van der Waals surface area contributed by atoms with Crippen LogP contribution >= 0.6 is 22.6 Å². The fourth-order valence-corrected chi connectivity index (χ4v) is 1.65. The highest BCUT2D eigenvalue weighted by Gasteiger charge is 2.07. The van der Waals surface area contributed by atoms with Crippen LogP contribution in [0.4, 0.5) is 15.0 Å². The average Bonchev–Trinajstić information content (AvgIpc) is 2.42. The van der Waals surface area contributed by atoms with E-state index in [-0.39, 0.29) is 12.4 Å². The van der Waals surface area contributed by atoms with Crippen LogP contribution in [0.2, 0.25) is 0 Å². The van der Waals surface area contributed by atoms with E-state index in [1.807, 2.05) is 52.9 Å². The van der Waals surface area contributed by atoms with E-state index in [1.165, 1.54) is 12.1 Å². The molecule has 0 saturated carbocycles. The molecule has 1 aromatic heterocycles. The van der Waals surface area contributed by atoms with Crippen LogP contribution in [0.25, 0.3) is 0 Å². The number of ether oxygens (including phenoxy) is 1. The molecule has 1 amide bonds. The molecular weight excluding hydrogens is 362 g/mol. The lowest BCUT2D eigenvalue weighted by molar-refractivity contribution is 0.155. The van der Waals surface area contributed by atoms with E-state index in [1.54, 1.807) is 0 Å². The van der Waals surface area contributed by atoms with Crippen LogP contribution in [0.15, 0.2) is 42.5 Å². The van der Waals surface area contributed by atoms with Gasteiger partial charge in [0.2, 0.25) is 5.95 Å². The van der Waals surface area contributed by atoms with E-state index in [0.717, 1.165) is 5.56 Å². The molecule has 0 radical (unpaired) electrons. The molecule has 0 bridgehead atoms. The summed E-state index contributed by atoms with van der Waals surface area (Å²) in [7, 11) is 0. The number of hydrogen-bond donors (Lipinski definition) is 1. The first-order valence-corrected chi connectivity index (χ1v) is 6.53. The van der Waals surface area contributed by atoms with Gasteiger partial charge < -0.3 is 4.74 Å². The number of hydrogen-bond acceptors (Lipinski definition) is 3. The molecule has 98 valence electrons. The van der Waals surface area contributed by atoms with Gasteiger partial charge in [-0.15, -0.1) is 0 Å². The van der Waals surface area contributed by atoms with E-state index in [9.17, 15) is 9.18 Å². The lowest BCUT2D eigenvalue weighted by atomic mass is 10.2. The Hall–Kier alpha value is -1.70. The van der Waals surface area contributed by atoms with Gasteiger partial charge in [0.25, 0.3) is 0 Å². The summed E-state index contributed by atoms with van der Waals surface area (Å²) in [5.41, 5.74) is 0.874. The molecule has 0 spiro atoms. The quantitative estimate of drug-likeness (QED) is 0.662. The Balaban J connectivity index is 1.89. The van der Waals surface area contributed by atoms with Crippen molar-refractivity contribution in [3.8, 4) is 0 Å². The first kappa shape index (κ1) is 13.7. The summed E-state index contributed by atoms with van der Waals surface area (Å²) >= 11 is 1.82. The molecule has 0 aliphatic heterocycles. The predicted octanol–water partition coefficient (Wildman–Crippen LogP) is 3.57. The molecule has 4 nitrogen and oxygen atoms in total. The van der Waals surface area contributed by atoms with Crippen LogP contribution < -0.4 is 5.32 Å². The van der Waals surface area contributed by atoms with Gasteiger partial charge in [-0.05, 0) is 40.3 Å². The van der Waals surface area contributed by atoms with Crippen LogP contribution in [-0.2, 0) is 11.3 Å². The van der Waals surface area contributed by atoms with Crippen LogP contribution in [0.5, 0.6) is 0 Å². The van der Waals surface area contributed by atoms with Crippen molar-refractivity contribution in [3.05, 3.63) is 57.5 Å². The number of carbonyl (C=O) groups is 1. The molecule has 0 unspecified atom stereocenters. The zero-order chi connectivity index (χ0) is 13.7. The summed E-state index contributed by atoms with van der Waals surface area (Å²) in [6.45, 7) is 0.152. The second kappa shape index (κ2) is 6.46. The number of rotatable bonds is 3. The summed E-state index contributed by atoms with van der Waals surface area (Å²) in [4.78, 5) is 15.1. The van der Waals surface area contributed by atoms with Gasteiger partial charge in [0.05, 0.1) is 3.57 Å². The third-order valence-corrected chi connectivity index (χ3v) is 3.05. The Morgan fingerprint density at radius 2 is 2.00 bits per heavy atom. The van der Waals surface area contributed by atoms with Crippen molar-refractivity contribution in [1.82, 2.24) is 4.98 Å². The molecule has 0 aliphatic rings. The second-order valence-electron chi connectivity index (χ2n) is 3.66. The molecule has 19 heavy (non-hydrogen) atoms. The summed E-state index contributed by atoms with van der Waals surface area (Å²) in [5.74, 6) is -0.502. The van der Waals surface area contributed by atoms with E-state index in [2.05, 4.69) is 10.3 Å². The molecule has 2 aromatic rings. The third kappa shape index (κ3) is 4.16. The van der Waals surface area contributed by atoms with Gasteiger partial charge >= 0.3 is 6.09 Å². The summed E-state index contributed by atoms with van der Waals surface area (Å²) < 4.78 is 18.5. The molecule has 1 N–H and O–H groups in total. The van der Waals surface area contributed by atoms with Crippen molar-refractivity contribution in [3.63, 3.8) is 0 Å². The zero-order valence-corrected chi connectivity index (χ0v) is 11.9. The average molecular weight is 372 g/mol. The number of nitrogens with one attached hydrogen (secondary N) is 1. The fraction of sp³-hybridized carbons (Fsp3) is 0.0769. The van der Waals surface area contributed by atoms with Crippen LogP contribution in [-0.4, -0.2) is 11.1 Å². The summed E-state index contributed by atoms with van der Waals surface area (Å²) in [5, 5.41) is 2.36. The van der Waals surface area contributed by atoms with E-state index in [0.29, 0.717) is 3.57 Å². The van der Waals surface area contributed by atoms with Crippen molar-refractivity contribution < 1.29 is 13.9 Å². The van der Waals surface area contributed by atoms with Crippen molar-refractivity contribution in [1.29, 1.82) is 0 Å². The molecule has 0 fully saturated rings. The van der Waals surface area contributed by atoms with Gasteiger partial charge in [-0.25, -0.2) is 9.78 Å². The molecule has 1 aromatic carbocycles. The zero-order valence-electron chi connectivity index (χ0n) is 9.77. The lowest BCUT2D eigenvalue weighted by Crippen LogP contribution is -2.14. The SMILES string of the molecule is O=C(Nc1ccc(I)c(F)n1)OCc1ccccc1. The van der Waals surface area contributed by atoms with Crippen molar-refractivity contribution in [2.45, 2.75) is 6.61 Å². The number of aromatic nitrogens is 1. The minimum absolute atomic E-state index is 0.121. The third-order valence-electron chi connectivity index (χ3n) is 2.25. The molecule has 6 heteroatoms. The largest absolute Gasteiger partial charge is 0.444 e. The first-order chi connectivity index (χ1) is 9.15. The molecule has 0 saturated heterocycles. The number of amides is 1. The normalized spacial score (nSPS) is 10.0. The van der Waals surface area contributed by atoms with Crippen LogP contribution in [0.3, 0.4) is 0 Å². The number of pyridine rings is 1. The minimum Gasteiger partial charge on any atom is -0.444 e. The van der Waals surface area contributed by atoms with E-state index >= 15 is 0 Å². The smallest absolute Gasteiger partial charge is 0.413 e. The highest BCUT2D eigenvalue weighted by Crippen LogP contribution is 2.12. The monoisotopic (exact) mass is 372 g/mol. The molecule has 0 atom stereocenters. The Morgan fingerprint density at radius 3 is 2.68 bits per heavy atom. The van der Waals surface area contributed by atoms with Gasteiger partial charge in [-0.2, -0.15) is 4.39 Å². The Bertz CT molecular complexity index is 578. The maximum atomic E-state index is 13.2. The van der Waals surface area contributed by atoms with Crippen LogP contribution in [0.1, 0.15) is 5.56 Å². The van der Waals surface area contributed by atoms with E-state index in [4.69, 9.17) is 4.74 Å². The lowest BCUT2D eigenvalue weighted by Gasteiger charge is -2.06. The molecule has 2 rings (SSSR count). The topological polar surface area (TPSA) is 51.2 Å². The summed E-state index contributed by atoms with van der Waals surface area (Å²) in [6.07, 6.45) is -0.669. The van der Waals surface area contributed by atoms with Gasteiger partial charge in [0, 0.05) is 0 Å². The number of benzene rings is 1. The Labute approximate surface area is 123 Å². The minimum atomic E-state index is -0.669. The van der Waals surface area contributed by atoms with Gasteiger partial charge in [-0.1, -0.05) is 30.3 Å².